The van der Waals surface area contributed by atoms with Crippen molar-refractivity contribution in [3.8, 4) is 23.3 Å². The van der Waals surface area contributed by atoms with Crippen molar-refractivity contribution in [2.75, 3.05) is 7.05 Å². The molecule has 1 atom stereocenters. The van der Waals surface area contributed by atoms with Crippen molar-refractivity contribution in [1.29, 1.82) is 10.5 Å². The third kappa shape index (κ3) is 2.98. The van der Waals surface area contributed by atoms with Gasteiger partial charge in [-0.2, -0.15) is 10.5 Å². The van der Waals surface area contributed by atoms with Crippen LogP contribution in [0.15, 0.2) is 34.6 Å². The van der Waals surface area contributed by atoms with E-state index in [0.29, 0.717) is 11.1 Å². The minimum absolute atomic E-state index is 0.0804. The van der Waals surface area contributed by atoms with Crippen LogP contribution in [0.25, 0.3) is 11.1 Å². The first-order valence-electron chi connectivity index (χ1n) is 7.53. The summed E-state index contributed by atoms with van der Waals surface area (Å²) >= 11 is 1.48. The van der Waals surface area contributed by atoms with Crippen LogP contribution in [-0.4, -0.2) is 23.8 Å². The zero-order valence-electron chi connectivity index (χ0n) is 13.8. The number of hydrogen-bond donors (Lipinski definition) is 1. The van der Waals surface area contributed by atoms with Crippen LogP contribution in [0.2, 0.25) is 0 Å². The maximum absolute atomic E-state index is 12.1. The molecule has 0 bridgehead atoms. The van der Waals surface area contributed by atoms with Gasteiger partial charge in [-0.15, -0.1) is 11.3 Å². The number of benzene rings is 1. The third-order valence-corrected chi connectivity index (χ3v) is 5.41. The third-order valence-electron chi connectivity index (χ3n) is 4.23. The van der Waals surface area contributed by atoms with Gasteiger partial charge in [-0.1, -0.05) is 0 Å². The summed E-state index contributed by atoms with van der Waals surface area (Å²) in [5, 5.41) is 20.2. The number of nitriles is 2. The minimum atomic E-state index is -0.707. The highest BCUT2D eigenvalue weighted by Gasteiger charge is 2.37. The molecule has 3 rings (SSSR count). The molecular formula is C18H15N5OS. The maximum Gasteiger partial charge on any atom is 0.231 e. The molecule has 1 aliphatic heterocycles. The summed E-state index contributed by atoms with van der Waals surface area (Å²) in [5.74, 6) is 0.120. The van der Waals surface area contributed by atoms with Gasteiger partial charge in [0.1, 0.15) is 5.54 Å². The van der Waals surface area contributed by atoms with Crippen LogP contribution >= 0.6 is 11.3 Å². The molecule has 6 nitrogen and oxygen atoms in total. The fourth-order valence-electron chi connectivity index (χ4n) is 2.74. The molecule has 0 saturated carbocycles. The van der Waals surface area contributed by atoms with Crippen LogP contribution in [0.3, 0.4) is 0 Å². The number of nitrogens with two attached hydrogens (primary N) is 1. The minimum Gasteiger partial charge on any atom is -0.369 e. The van der Waals surface area contributed by atoms with Gasteiger partial charge in [0, 0.05) is 11.9 Å². The molecular weight excluding hydrogens is 334 g/mol. The molecule has 7 heteroatoms. The summed E-state index contributed by atoms with van der Waals surface area (Å²) < 4.78 is 0. The number of guanidine groups is 1. The van der Waals surface area contributed by atoms with E-state index in [2.05, 4.69) is 17.1 Å². The van der Waals surface area contributed by atoms with E-state index in [-0.39, 0.29) is 18.3 Å². The van der Waals surface area contributed by atoms with E-state index in [4.69, 9.17) is 16.3 Å². The first-order valence-corrected chi connectivity index (χ1v) is 8.41. The van der Waals surface area contributed by atoms with E-state index in [0.717, 1.165) is 16.0 Å². The Hall–Kier alpha value is -3.16. The first kappa shape index (κ1) is 16.7. The molecule has 2 heterocycles. The standard InChI is InChI=1S/C18H15N5OS/c1-18(7-16(24)23(2)17(21)22-18)15-6-14(10-25-15)13-4-11(8-19)3-12(5-13)9-20/h3-6,10H,7H2,1-2H3,(H2,21,22)/t18-/m1/s1. The van der Waals surface area contributed by atoms with Crippen molar-refractivity contribution in [1.82, 2.24) is 4.90 Å². The zero-order valence-corrected chi connectivity index (χ0v) is 14.6. The quantitative estimate of drug-likeness (QED) is 0.899. The Labute approximate surface area is 149 Å². The lowest BCUT2D eigenvalue weighted by Crippen LogP contribution is -2.47. The van der Waals surface area contributed by atoms with Crippen LogP contribution in [-0.2, 0) is 10.3 Å². The number of hydrogen-bond acceptors (Lipinski definition) is 6. The number of carbonyl (C=O) groups excluding carboxylic acids is 1. The highest BCUT2D eigenvalue weighted by molar-refractivity contribution is 7.10. The van der Waals surface area contributed by atoms with Gasteiger partial charge < -0.3 is 5.73 Å². The molecule has 0 saturated heterocycles. The van der Waals surface area contributed by atoms with Crippen molar-refractivity contribution < 1.29 is 4.79 Å². The van der Waals surface area contributed by atoms with E-state index in [1.54, 1.807) is 25.2 Å². The van der Waals surface area contributed by atoms with Crippen molar-refractivity contribution in [3.05, 3.63) is 45.6 Å². The van der Waals surface area contributed by atoms with Gasteiger partial charge >= 0.3 is 0 Å². The average Bonchev–Trinajstić information content (AvgIpc) is 3.10. The topological polar surface area (TPSA) is 106 Å². The lowest BCUT2D eigenvalue weighted by atomic mass is 9.93. The molecule has 0 radical (unpaired) electrons. The molecule has 25 heavy (non-hydrogen) atoms. The van der Waals surface area contributed by atoms with E-state index in [1.165, 1.54) is 16.2 Å². The van der Waals surface area contributed by atoms with Crippen molar-refractivity contribution >= 4 is 23.2 Å². The fraction of sp³-hybridized carbons (Fsp3) is 0.222. The van der Waals surface area contributed by atoms with Crippen LogP contribution in [0.4, 0.5) is 0 Å². The maximum atomic E-state index is 12.1. The van der Waals surface area contributed by atoms with Gasteiger partial charge in [-0.3, -0.25) is 9.69 Å². The molecule has 2 N–H and O–H groups in total. The lowest BCUT2D eigenvalue weighted by Gasteiger charge is -2.32. The molecule has 2 aromatic rings. The molecule has 0 fully saturated rings. The number of rotatable bonds is 2. The van der Waals surface area contributed by atoms with Crippen molar-refractivity contribution in [2.24, 2.45) is 10.7 Å². The summed E-state index contributed by atoms with van der Waals surface area (Å²) in [6.07, 6.45) is 0.242. The molecule has 0 aliphatic carbocycles. The van der Waals surface area contributed by atoms with Crippen LogP contribution in [0.5, 0.6) is 0 Å². The number of thiophene rings is 1. The molecule has 0 unspecified atom stereocenters. The number of nitrogens with zero attached hydrogens (tertiary/aromatic N) is 4. The van der Waals surface area contributed by atoms with Crippen molar-refractivity contribution in [2.45, 2.75) is 18.9 Å². The van der Waals surface area contributed by atoms with Gasteiger partial charge in [0.2, 0.25) is 5.91 Å². The summed E-state index contributed by atoms with van der Waals surface area (Å²) in [6.45, 7) is 1.88. The Kier molecular flexibility index (Phi) is 4.03. The summed E-state index contributed by atoms with van der Waals surface area (Å²) in [5.41, 5.74) is 7.70. The largest absolute Gasteiger partial charge is 0.369 e. The second-order valence-electron chi connectivity index (χ2n) is 6.10. The molecule has 1 amide bonds. The highest BCUT2D eigenvalue weighted by Crippen LogP contribution is 2.39. The second kappa shape index (κ2) is 6.04. The molecule has 124 valence electrons. The molecule has 0 spiro atoms. The summed E-state index contributed by atoms with van der Waals surface area (Å²) in [7, 11) is 1.61. The van der Waals surface area contributed by atoms with Crippen molar-refractivity contribution in [3.63, 3.8) is 0 Å². The van der Waals surface area contributed by atoms with E-state index < -0.39 is 5.54 Å². The Balaban J connectivity index is 2.03. The van der Waals surface area contributed by atoms with Crippen LogP contribution < -0.4 is 5.73 Å². The monoisotopic (exact) mass is 349 g/mol. The number of aliphatic imine (C=N–C) groups is 1. The van der Waals surface area contributed by atoms with E-state index in [1.807, 2.05) is 18.4 Å². The Morgan fingerprint density at radius 1 is 1.20 bits per heavy atom. The average molecular weight is 349 g/mol. The highest BCUT2D eigenvalue weighted by atomic mass is 32.1. The smallest absolute Gasteiger partial charge is 0.231 e. The lowest BCUT2D eigenvalue weighted by molar-refractivity contribution is -0.128. The Morgan fingerprint density at radius 2 is 1.84 bits per heavy atom. The fourth-order valence-corrected chi connectivity index (χ4v) is 3.77. The van der Waals surface area contributed by atoms with Crippen LogP contribution in [0, 0.1) is 22.7 Å². The van der Waals surface area contributed by atoms with Gasteiger partial charge in [-0.25, -0.2) is 4.99 Å². The van der Waals surface area contributed by atoms with Crippen LogP contribution in [0.1, 0.15) is 29.3 Å². The summed E-state index contributed by atoms with van der Waals surface area (Å²) in [6, 6.07) is 11.1. The SMILES string of the molecule is CN1C(=O)C[C@](C)(c2cc(-c3cc(C#N)cc(C#N)c3)cs2)N=C1N. The van der Waals surface area contributed by atoms with Gasteiger partial charge in [0.25, 0.3) is 0 Å². The Bertz CT molecular complexity index is 946. The molecule has 1 aromatic heterocycles. The number of carbonyl (C=O) groups is 1. The van der Waals surface area contributed by atoms with Gasteiger partial charge in [0.15, 0.2) is 5.96 Å². The molecule has 1 aromatic carbocycles. The van der Waals surface area contributed by atoms with E-state index in [9.17, 15) is 4.79 Å². The van der Waals surface area contributed by atoms with E-state index >= 15 is 0 Å². The number of amides is 1. The first-order chi connectivity index (χ1) is 11.9. The normalized spacial score (nSPS) is 19.9. The predicted molar refractivity (Wildman–Crippen MR) is 95.5 cm³/mol. The summed E-state index contributed by atoms with van der Waals surface area (Å²) in [4.78, 5) is 18.9. The van der Waals surface area contributed by atoms with Gasteiger partial charge in [0.05, 0.1) is 29.7 Å². The molecule has 1 aliphatic rings. The Morgan fingerprint density at radius 3 is 2.40 bits per heavy atom. The zero-order chi connectivity index (χ0) is 18.2. The predicted octanol–water partition coefficient (Wildman–Crippen LogP) is 2.55. The second-order valence-corrected chi connectivity index (χ2v) is 7.01. The van der Waals surface area contributed by atoms with Gasteiger partial charge in [-0.05, 0) is 47.7 Å².